The van der Waals surface area contributed by atoms with Crippen molar-refractivity contribution in [3.05, 3.63) is 0 Å². The van der Waals surface area contributed by atoms with Crippen molar-refractivity contribution in [1.29, 1.82) is 5.26 Å². The topological polar surface area (TPSA) is 42.3 Å². The van der Waals surface area contributed by atoms with Crippen molar-refractivity contribution in [3.8, 4) is 6.07 Å². The molecule has 1 atom stereocenters. The highest BCUT2D eigenvalue weighted by Gasteiger charge is 2.22. The highest BCUT2D eigenvalue weighted by atomic mass is 15.1. The Hall–Kier alpha value is -0.630. The van der Waals surface area contributed by atoms with Gasteiger partial charge in [-0.25, -0.2) is 0 Å². The summed E-state index contributed by atoms with van der Waals surface area (Å²) in [6.07, 6.45) is 4.67. The normalized spacial score (nSPS) is 21.3. The van der Waals surface area contributed by atoms with Gasteiger partial charge in [0.15, 0.2) is 0 Å². The molecule has 1 aliphatic rings. The van der Waals surface area contributed by atoms with E-state index in [1.54, 1.807) is 0 Å². The van der Waals surface area contributed by atoms with Crippen molar-refractivity contribution < 1.29 is 0 Å². The molecule has 4 heteroatoms. The molecule has 1 unspecified atom stereocenters. The Morgan fingerprint density at radius 1 is 1.37 bits per heavy atom. The molecule has 19 heavy (non-hydrogen) atoms. The third-order valence-corrected chi connectivity index (χ3v) is 4.28. The average molecular weight is 266 g/mol. The van der Waals surface area contributed by atoms with Crippen LogP contribution >= 0.6 is 0 Å². The van der Waals surface area contributed by atoms with E-state index in [-0.39, 0.29) is 5.54 Å². The maximum absolute atomic E-state index is 9.11. The number of nitrogens with zero attached hydrogens (tertiary/aromatic N) is 3. The summed E-state index contributed by atoms with van der Waals surface area (Å²) in [5.74, 6) is 0.868. The van der Waals surface area contributed by atoms with Gasteiger partial charge in [0.05, 0.1) is 6.07 Å². The summed E-state index contributed by atoms with van der Waals surface area (Å²) in [4.78, 5) is 4.85. The Labute approximate surface area is 118 Å². The lowest BCUT2D eigenvalue weighted by Crippen LogP contribution is -2.40. The zero-order valence-electron chi connectivity index (χ0n) is 13.1. The van der Waals surface area contributed by atoms with Crippen LogP contribution in [0.15, 0.2) is 0 Å². The third-order valence-electron chi connectivity index (χ3n) is 4.28. The van der Waals surface area contributed by atoms with Gasteiger partial charge in [-0.2, -0.15) is 5.26 Å². The van der Waals surface area contributed by atoms with E-state index in [4.69, 9.17) is 5.26 Å². The van der Waals surface area contributed by atoms with E-state index in [9.17, 15) is 0 Å². The Bertz CT molecular complexity index is 289. The quantitative estimate of drug-likeness (QED) is 0.759. The molecule has 1 rings (SSSR count). The zero-order chi connectivity index (χ0) is 14.3. The molecule has 0 aromatic heterocycles. The molecule has 0 saturated carbocycles. The molecular weight excluding hydrogens is 236 g/mol. The first kappa shape index (κ1) is 16.4. The summed E-state index contributed by atoms with van der Waals surface area (Å²) in [5, 5.41) is 12.2. The van der Waals surface area contributed by atoms with Gasteiger partial charge in [-0.3, -0.25) is 0 Å². The minimum Gasteiger partial charge on any atom is -0.309 e. The first-order valence-corrected chi connectivity index (χ1v) is 7.46. The van der Waals surface area contributed by atoms with Crippen molar-refractivity contribution in [3.63, 3.8) is 0 Å². The van der Waals surface area contributed by atoms with Crippen molar-refractivity contribution >= 4 is 0 Å². The van der Waals surface area contributed by atoms with Gasteiger partial charge in [0, 0.05) is 6.54 Å². The lowest BCUT2D eigenvalue weighted by atomic mass is 9.95. The summed E-state index contributed by atoms with van der Waals surface area (Å²) in [6.45, 7) is 6.78. The van der Waals surface area contributed by atoms with Crippen molar-refractivity contribution in [2.24, 2.45) is 5.92 Å². The number of nitrogens with one attached hydrogen (secondary N) is 1. The van der Waals surface area contributed by atoms with Crippen LogP contribution in [-0.4, -0.2) is 62.7 Å². The Kier molecular flexibility index (Phi) is 6.78. The van der Waals surface area contributed by atoms with Crippen LogP contribution in [0.1, 0.15) is 32.6 Å². The first-order valence-electron chi connectivity index (χ1n) is 7.46. The third kappa shape index (κ3) is 5.90. The monoisotopic (exact) mass is 266 g/mol. The number of nitriles is 1. The van der Waals surface area contributed by atoms with Gasteiger partial charge in [0.1, 0.15) is 5.54 Å². The Morgan fingerprint density at radius 2 is 2.00 bits per heavy atom. The van der Waals surface area contributed by atoms with Gasteiger partial charge in [0.25, 0.3) is 0 Å². The number of hydrogen-bond donors (Lipinski definition) is 1. The molecule has 110 valence electrons. The number of rotatable bonds is 7. The van der Waals surface area contributed by atoms with Crippen LogP contribution in [0.3, 0.4) is 0 Å². The van der Waals surface area contributed by atoms with Crippen molar-refractivity contribution in [2.45, 2.75) is 38.1 Å². The summed E-state index contributed by atoms with van der Waals surface area (Å²) in [6, 6.07) is 2.36. The number of piperidine rings is 1. The van der Waals surface area contributed by atoms with Gasteiger partial charge < -0.3 is 15.1 Å². The molecule has 0 spiro atoms. The second-order valence-corrected chi connectivity index (χ2v) is 6.34. The van der Waals surface area contributed by atoms with E-state index in [2.05, 4.69) is 35.3 Å². The Morgan fingerprint density at radius 3 is 2.47 bits per heavy atom. The molecule has 1 N–H and O–H groups in total. The van der Waals surface area contributed by atoms with Crippen LogP contribution in [0.2, 0.25) is 0 Å². The summed E-state index contributed by atoms with van der Waals surface area (Å²) < 4.78 is 0. The van der Waals surface area contributed by atoms with Crippen LogP contribution in [0, 0.1) is 17.2 Å². The summed E-state index contributed by atoms with van der Waals surface area (Å²) in [7, 11) is 6.19. The zero-order valence-corrected chi connectivity index (χ0v) is 13.1. The van der Waals surface area contributed by atoms with Crippen LogP contribution in [0.25, 0.3) is 0 Å². The minimum absolute atomic E-state index is 0.358. The molecule has 4 nitrogen and oxygen atoms in total. The molecule has 1 heterocycles. The molecule has 1 aliphatic heterocycles. The molecule has 1 fully saturated rings. The second-order valence-electron chi connectivity index (χ2n) is 6.34. The van der Waals surface area contributed by atoms with Crippen molar-refractivity contribution in [1.82, 2.24) is 15.1 Å². The van der Waals surface area contributed by atoms with Gasteiger partial charge in [-0.1, -0.05) is 0 Å². The molecule has 0 radical (unpaired) electrons. The fraction of sp³-hybridized carbons (Fsp3) is 0.933. The van der Waals surface area contributed by atoms with Crippen LogP contribution in [-0.2, 0) is 0 Å². The van der Waals surface area contributed by atoms with E-state index >= 15 is 0 Å². The number of likely N-dealkylation sites (tertiary alicyclic amines) is 1. The largest absolute Gasteiger partial charge is 0.309 e. The fourth-order valence-electron chi connectivity index (χ4n) is 2.80. The van der Waals surface area contributed by atoms with Gasteiger partial charge in [-0.15, -0.1) is 0 Å². The summed E-state index contributed by atoms with van der Waals surface area (Å²) in [5.41, 5.74) is -0.358. The predicted octanol–water partition coefficient (Wildman–Crippen LogP) is 1.54. The standard InChI is InChI=1S/C15H30N4/c1-15(13-16,17-2)8-5-9-19-10-6-14(7-11-19)12-18(3)4/h14,17H,5-12H2,1-4H3. The van der Waals surface area contributed by atoms with E-state index in [1.807, 2.05) is 14.0 Å². The smallest absolute Gasteiger partial charge is 0.103 e. The molecule has 0 aromatic rings. The minimum atomic E-state index is -0.358. The lowest BCUT2D eigenvalue weighted by Gasteiger charge is -2.33. The highest BCUT2D eigenvalue weighted by molar-refractivity contribution is 5.02. The first-order chi connectivity index (χ1) is 8.99. The molecular formula is C15H30N4. The van der Waals surface area contributed by atoms with Gasteiger partial charge >= 0.3 is 0 Å². The molecule has 0 aromatic carbocycles. The van der Waals surface area contributed by atoms with Crippen LogP contribution < -0.4 is 5.32 Å². The molecule has 1 saturated heterocycles. The van der Waals surface area contributed by atoms with Crippen molar-refractivity contribution in [2.75, 3.05) is 47.3 Å². The lowest BCUT2D eigenvalue weighted by molar-refractivity contribution is 0.158. The van der Waals surface area contributed by atoms with Crippen LogP contribution in [0.5, 0.6) is 0 Å². The van der Waals surface area contributed by atoms with E-state index in [0.717, 1.165) is 25.3 Å². The SMILES string of the molecule is CNC(C)(C#N)CCCN1CCC(CN(C)C)CC1. The van der Waals surface area contributed by atoms with Gasteiger partial charge in [0.2, 0.25) is 0 Å². The maximum Gasteiger partial charge on any atom is 0.103 e. The maximum atomic E-state index is 9.11. The highest BCUT2D eigenvalue weighted by Crippen LogP contribution is 2.19. The van der Waals surface area contributed by atoms with E-state index in [1.165, 1.54) is 32.5 Å². The number of hydrogen-bond acceptors (Lipinski definition) is 4. The van der Waals surface area contributed by atoms with E-state index < -0.39 is 0 Å². The molecule has 0 bridgehead atoms. The second kappa shape index (κ2) is 7.84. The molecule has 0 aliphatic carbocycles. The summed E-state index contributed by atoms with van der Waals surface area (Å²) >= 11 is 0. The Balaban J connectivity index is 2.18. The molecule has 0 amide bonds. The van der Waals surface area contributed by atoms with Crippen LogP contribution in [0.4, 0.5) is 0 Å². The van der Waals surface area contributed by atoms with Gasteiger partial charge in [-0.05, 0) is 79.3 Å². The predicted molar refractivity (Wildman–Crippen MR) is 80.0 cm³/mol. The fourth-order valence-corrected chi connectivity index (χ4v) is 2.80. The van der Waals surface area contributed by atoms with E-state index in [0.29, 0.717) is 0 Å². The average Bonchev–Trinajstić information content (AvgIpc) is 2.40.